The van der Waals surface area contributed by atoms with E-state index in [1.54, 1.807) is 34.3 Å². The van der Waals surface area contributed by atoms with Crippen LogP contribution in [-0.2, 0) is 13.6 Å². The number of hydrogen-bond acceptors (Lipinski definition) is 7. The highest BCUT2D eigenvalue weighted by atomic mass is 32.1. The number of nitrogens with one attached hydrogen (secondary N) is 1. The van der Waals surface area contributed by atoms with E-state index in [9.17, 15) is 4.79 Å². The molecule has 182 valence electrons. The molecular formula is C26H26N8OS. The maximum atomic E-state index is 12.5. The molecule has 0 saturated carbocycles. The van der Waals surface area contributed by atoms with Gasteiger partial charge in [-0.2, -0.15) is 15.3 Å². The van der Waals surface area contributed by atoms with Gasteiger partial charge in [-0.25, -0.2) is 9.67 Å². The Morgan fingerprint density at radius 2 is 1.86 bits per heavy atom. The standard InChI is InChI=1S/C26H26N8OS/c1-32-16-20(12-29-32)23-5-6-25(35)34(31-23)15-18-3-2-4-19(11-18)26-28-14-24(36-26)21-13-30-33(17-21)22-7-9-27-10-8-22/h2-6,11-14,16-17,22,27H,7-10,15H2,1H3. The Hall–Kier alpha value is -3.89. The molecule has 0 atom stereocenters. The summed E-state index contributed by atoms with van der Waals surface area (Å²) in [6.07, 6.45) is 11.8. The molecule has 0 aliphatic carbocycles. The van der Waals surface area contributed by atoms with Gasteiger partial charge in [0.25, 0.3) is 5.56 Å². The second-order valence-electron chi connectivity index (χ2n) is 9.04. The van der Waals surface area contributed by atoms with Crippen LogP contribution in [0.25, 0.3) is 32.3 Å². The molecule has 36 heavy (non-hydrogen) atoms. The van der Waals surface area contributed by atoms with Crippen molar-refractivity contribution in [3.05, 3.63) is 83.3 Å². The van der Waals surface area contributed by atoms with Gasteiger partial charge in [-0.1, -0.05) is 18.2 Å². The summed E-state index contributed by atoms with van der Waals surface area (Å²) in [6.45, 7) is 2.45. The SMILES string of the molecule is Cn1cc(-c2ccc(=O)n(Cc3cccc(-c4ncc(-c5cnn(C6CCNCC6)c5)s4)c3)n2)cn1. The molecule has 0 radical (unpaired) electrons. The second kappa shape index (κ2) is 9.63. The van der Waals surface area contributed by atoms with Crippen LogP contribution in [0.3, 0.4) is 0 Å². The van der Waals surface area contributed by atoms with Gasteiger partial charge in [0.05, 0.1) is 35.6 Å². The molecule has 1 aliphatic rings. The summed E-state index contributed by atoms with van der Waals surface area (Å²) in [5, 5.41) is 17.7. The quantitative estimate of drug-likeness (QED) is 0.384. The lowest BCUT2D eigenvalue weighted by Gasteiger charge is -2.22. The first kappa shape index (κ1) is 22.6. The zero-order valence-electron chi connectivity index (χ0n) is 19.9. The van der Waals surface area contributed by atoms with Gasteiger partial charge in [0, 0.05) is 48.4 Å². The van der Waals surface area contributed by atoms with Crippen LogP contribution in [0.1, 0.15) is 24.4 Å². The molecule has 6 rings (SSSR count). The van der Waals surface area contributed by atoms with Gasteiger partial charge in [-0.15, -0.1) is 11.3 Å². The fourth-order valence-electron chi connectivity index (χ4n) is 4.52. The molecule has 5 heterocycles. The van der Waals surface area contributed by atoms with E-state index in [4.69, 9.17) is 0 Å². The highest BCUT2D eigenvalue weighted by Crippen LogP contribution is 2.33. The summed E-state index contributed by atoms with van der Waals surface area (Å²) >= 11 is 1.65. The van der Waals surface area contributed by atoms with Gasteiger partial charge in [0.15, 0.2) is 0 Å². The minimum Gasteiger partial charge on any atom is -0.317 e. The fraction of sp³-hybridized carbons (Fsp3) is 0.269. The largest absolute Gasteiger partial charge is 0.317 e. The third-order valence-electron chi connectivity index (χ3n) is 6.45. The third-order valence-corrected chi connectivity index (χ3v) is 7.54. The van der Waals surface area contributed by atoms with Crippen LogP contribution in [0.15, 0.2) is 72.2 Å². The molecule has 1 N–H and O–H groups in total. The zero-order chi connectivity index (χ0) is 24.5. The number of piperidine rings is 1. The van der Waals surface area contributed by atoms with E-state index in [-0.39, 0.29) is 5.56 Å². The van der Waals surface area contributed by atoms with Gasteiger partial charge >= 0.3 is 0 Å². The first-order valence-corrected chi connectivity index (χ1v) is 12.8. The minimum atomic E-state index is -0.143. The first-order chi connectivity index (χ1) is 17.6. The summed E-state index contributed by atoms with van der Waals surface area (Å²) in [5.74, 6) is 0. The Kier molecular flexibility index (Phi) is 6.04. The van der Waals surface area contributed by atoms with E-state index in [1.807, 2.05) is 43.8 Å². The smallest absolute Gasteiger partial charge is 0.267 e. The molecule has 5 aromatic rings. The molecule has 4 aromatic heterocycles. The van der Waals surface area contributed by atoms with E-state index < -0.39 is 0 Å². The van der Waals surface area contributed by atoms with E-state index in [0.717, 1.165) is 58.1 Å². The van der Waals surface area contributed by atoms with Gasteiger partial charge < -0.3 is 5.32 Å². The van der Waals surface area contributed by atoms with Crippen molar-refractivity contribution in [3.63, 3.8) is 0 Å². The number of aryl methyl sites for hydroxylation is 1. The van der Waals surface area contributed by atoms with E-state index in [2.05, 4.69) is 42.5 Å². The Balaban J connectivity index is 1.22. The second-order valence-corrected chi connectivity index (χ2v) is 10.1. The Morgan fingerprint density at radius 1 is 1.00 bits per heavy atom. The van der Waals surface area contributed by atoms with Crippen LogP contribution in [0.2, 0.25) is 0 Å². The number of aromatic nitrogens is 7. The average Bonchev–Trinajstić information content (AvgIpc) is 3.67. The van der Waals surface area contributed by atoms with E-state index in [1.165, 1.54) is 4.68 Å². The molecule has 9 nitrogen and oxygen atoms in total. The molecule has 10 heteroatoms. The fourth-order valence-corrected chi connectivity index (χ4v) is 5.41. The van der Waals surface area contributed by atoms with Crippen molar-refractivity contribution in [1.29, 1.82) is 0 Å². The number of benzene rings is 1. The summed E-state index contributed by atoms with van der Waals surface area (Å²) < 4.78 is 5.31. The maximum absolute atomic E-state index is 12.5. The van der Waals surface area contributed by atoms with Gasteiger partial charge in [-0.3, -0.25) is 14.2 Å². The van der Waals surface area contributed by atoms with Crippen molar-refractivity contribution < 1.29 is 0 Å². The van der Waals surface area contributed by atoms with Crippen LogP contribution in [0, 0.1) is 0 Å². The van der Waals surface area contributed by atoms with Gasteiger partial charge in [0.2, 0.25) is 0 Å². The van der Waals surface area contributed by atoms with E-state index in [0.29, 0.717) is 18.3 Å². The third kappa shape index (κ3) is 4.65. The zero-order valence-corrected chi connectivity index (χ0v) is 20.7. The molecule has 1 aliphatic heterocycles. The maximum Gasteiger partial charge on any atom is 0.267 e. The molecule has 0 amide bonds. The first-order valence-electron chi connectivity index (χ1n) is 12.0. The summed E-state index contributed by atoms with van der Waals surface area (Å²) in [6, 6.07) is 11.9. The lowest BCUT2D eigenvalue weighted by Crippen LogP contribution is -2.29. The minimum absolute atomic E-state index is 0.143. The number of hydrogen-bond donors (Lipinski definition) is 1. The predicted octanol–water partition coefficient (Wildman–Crippen LogP) is 3.60. The van der Waals surface area contributed by atoms with Crippen LogP contribution in [-0.4, -0.2) is 47.4 Å². The number of rotatable bonds is 6. The van der Waals surface area contributed by atoms with E-state index >= 15 is 0 Å². The molecule has 0 bridgehead atoms. The average molecular weight is 499 g/mol. The molecule has 0 spiro atoms. The Labute approximate surface area is 212 Å². The molecule has 0 unspecified atom stereocenters. The van der Waals surface area contributed by atoms with Crippen LogP contribution in [0.4, 0.5) is 0 Å². The van der Waals surface area contributed by atoms with Crippen molar-refractivity contribution in [2.24, 2.45) is 7.05 Å². The van der Waals surface area contributed by atoms with Gasteiger partial charge in [0.1, 0.15) is 5.01 Å². The Bertz CT molecular complexity index is 1560. The molecule has 1 fully saturated rings. The lowest BCUT2D eigenvalue weighted by molar-refractivity contribution is 0.343. The normalized spacial score (nSPS) is 14.4. The lowest BCUT2D eigenvalue weighted by atomic mass is 10.1. The predicted molar refractivity (Wildman–Crippen MR) is 140 cm³/mol. The molecule has 1 saturated heterocycles. The highest BCUT2D eigenvalue weighted by Gasteiger charge is 2.17. The van der Waals surface area contributed by atoms with Crippen molar-refractivity contribution in [1.82, 2.24) is 39.6 Å². The highest BCUT2D eigenvalue weighted by molar-refractivity contribution is 7.18. The number of nitrogens with zero attached hydrogens (tertiary/aromatic N) is 7. The van der Waals surface area contributed by atoms with Crippen molar-refractivity contribution in [2.75, 3.05) is 13.1 Å². The summed E-state index contributed by atoms with van der Waals surface area (Å²) in [7, 11) is 1.86. The van der Waals surface area contributed by atoms with Crippen LogP contribution >= 0.6 is 11.3 Å². The molecular weight excluding hydrogens is 472 g/mol. The number of thiazole rings is 1. The van der Waals surface area contributed by atoms with Crippen molar-refractivity contribution in [3.8, 4) is 32.3 Å². The van der Waals surface area contributed by atoms with Crippen LogP contribution < -0.4 is 10.9 Å². The summed E-state index contributed by atoms with van der Waals surface area (Å²) in [4.78, 5) is 18.3. The molecule has 1 aromatic carbocycles. The summed E-state index contributed by atoms with van der Waals surface area (Å²) in [5.41, 5.74) is 4.55. The van der Waals surface area contributed by atoms with Crippen molar-refractivity contribution >= 4 is 11.3 Å². The topological polar surface area (TPSA) is 95.5 Å². The monoisotopic (exact) mass is 498 g/mol. The Morgan fingerprint density at radius 3 is 2.69 bits per heavy atom. The van der Waals surface area contributed by atoms with Crippen molar-refractivity contribution in [2.45, 2.75) is 25.4 Å². The van der Waals surface area contributed by atoms with Gasteiger partial charge in [-0.05, 0) is 43.6 Å². The van der Waals surface area contributed by atoms with Crippen LogP contribution in [0.5, 0.6) is 0 Å².